The van der Waals surface area contributed by atoms with Crippen molar-refractivity contribution in [2.24, 2.45) is 0 Å². The van der Waals surface area contributed by atoms with Gasteiger partial charge in [-0.1, -0.05) is 6.07 Å². The summed E-state index contributed by atoms with van der Waals surface area (Å²) >= 11 is 0. The Balaban J connectivity index is 1.77. The van der Waals surface area contributed by atoms with Gasteiger partial charge >= 0.3 is 5.69 Å². The lowest BCUT2D eigenvalue weighted by atomic mass is 10.0. The van der Waals surface area contributed by atoms with Crippen molar-refractivity contribution >= 4 is 0 Å². The van der Waals surface area contributed by atoms with Crippen LogP contribution in [0.3, 0.4) is 0 Å². The highest BCUT2D eigenvalue weighted by Crippen LogP contribution is 2.22. The monoisotopic (exact) mass is 342 g/mol. The van der Waals surface area contributed by atoms with Gasteiger partial charge in [-0.2, -0.15) is 5.26 Å². The maximum absolute atomic E-state index is 13.8. The number of aryl methyl sites for hydroxylation is 1. The topological polar surface area (TPSA) is 81.9 Å². The van der Waals surface area contributed by atoms with Crippen LogP contribution in [-0.2, 0) is 6.54 Å². The van der Waals surface area contributed by atoms with Crippen LogP contribution in [0.25, 0.3) is 0 Å². The van der Waals surface area contributed by atoms with Crippen LogP contribution >= 0.6 is 0 Å². The van der Waals surface area contributed by atoms with Crippen molar-refractivity contribution in [2.75, 3.05) is 13.1 Å². The Bertz CT molecular complexity index is 941. The number of halogens is 1. The first-order valence-corrected chi connectivity index (χ1v) is 8.21. The second-order valence-electron chi connectivity index (χ2n) is 6.44. The van der Waals surface area contributed by atoms with Gasteiger partial charge in [-0.3, -0.25) is 19.2 Å². The molecule has 25 heavy (non-hydrogen) atoms. The third kappa shape index (κ3) is 3.69. The number of rotatable bonds is 3. The molecule has 0 spiro atoms. The van der Waals surface area contributed by atoms with Crippen LogP contribution in [-0.4, -0.2) is 27.5 Å². The lowest BCUT2D eigenvalue weighted by Crippen LogP contribution is -2.41. The average Bonchev–Trinajstić information content (AvgIpc) is 2.58. The number of hydrogen-bond donors (Lipinski definition) is 1. The Hall–Kier alpha value is -2.72. The molecule has 1 aliphatic heterocycles. The second kappa shape index (κ2) is 7.03. The number of likely N-dealkylation sites (tertiary alicyclic amines) is 1. The lowest BCUT2D eigenvalue weighted by molar-refractivity contribution is 0.167. The molecule has 2 heterocycles. The van der Waals surface area contributed by atoms with Crippen LogP contribution < -0.4 is 11.2 Å². The third-order valence-electron chi connectivity index (χ3n) is 4.58. The highest BCUT2D eigenvalue weighted by Gasteiger charge is 2.22. The van der Waals surface area contributed by atoms with Gasteiger partial charge in [0.2, 0.25) is 0 Å². The Labute approximate surface area is 144 Å². The van der Waals surface area contributed by atoms with Crippen molar-refractivity contribution < 1.29 is 4.39 Å². The van der Waals surface area contributed by atoms with E-state index in [9.17, 15) is 14.0 Å². The molecule has 0 saturated carbocycles. The zero-order chi connectivity index (χ0) is 18.0. The van der Waals surface area contributed by atoms with Crippen molar-refractivity contribution in [1.82, 2.24) is 14.5 Å². The predicted molar refractivity (Wildman–Crippen MR) is 90.7 cm³/mol. The SMILES string of the molecule is Cc1cn([C@H]2CCCN(Cc3ccc(C#N)c(F)c3)C2)c(=O)[nH]c1=O. The molecule has 3 rings (SSSR count). The van der Waals surface area contributed by atoms with Crippen LogP contribution in [0.5, 0.6) is 0 Å². The van der Waals surface area contributed by atoms with E-state index in [2.05, 4.69) is 9.88 Å². The summed E-state index contributed by atoms with van der Waals surface area (Å²) in [6, 6.07) is 6.41. The number of nitrogens with one attached hydrogen (secondary N) is 1. The molecule has 0 aliphatic carbocycles. The fraction of sp³-hybridized carbons (Fsp3) is 0.389. The van der Waals surface area contributed by atoms with Gasteiger partial charge in [0.05, 0.1) is 11.6 Å². The van der Waals surface area contributed by atoms with Crippen LogP contribution in [0.4, 0.5) is 4.39 Å². The Kier molecular flexibility index (Phi) is 4.81. The molecule has 1 fully saturated rings. The van der Waals surface area contributed by atoms with Crippen LogP contribution in [0.2, 0.25) is 0 Å². The molecule has 0 radical (unpaired) electrons. The zero-order valence-corrected chi connectivity index (χ0v) is 14.0. The fourth-order valence-corrected chi connectivity index (χ4v) is 3.26. The molecule has 0 bridgehead atoms. The van der Waals surface area contributed by atoms with Crippen LogP contribution in [0.15, 0.2) is 34.0 Å². The van der Waals surface area contributed by atoms with Gasteiger partial charge in [0, 0.05) is 24.8 Å². The summed E-state index contributed by atoms with van der Waals surface area (Å²) in [5.41, 5.74) is 0.581. The van der Waals surface area contributed by atoms with Crippen molar-refractivity contribution in [1.29, 1.82) is 5.26 Å². The number of piperidine rings is 1. The highest BCUT2D eigenvalue weighted by molar-refractivity contribution is 5.33. The van der Waals surface area contributed by atoms with Gasteiger partial charge in [-0.25, -0.2) is 9.18 Å². The second-order valence-corrected chi connectivity index (χ2v) is 6.44. The quantitative estimate of drug-likeness (QED) is 0.920. The summed E-state index contributed by atoms with van der Waals surface area (Å²) in [5.74, 6) is -0.513. The van der Waals surface area contributed by atoms with Gasteiger partial charge in [0.25, 0.3) is 5.56 Å². The maximum atomic E-state index is 13.8. The van der Waals surface area contributed by atoms with E-state index in [0.717, 1.165) is 24.9 Å². The Morgan fingerprint density at radius 2 is 2.20 bits per heavy atom. The number of nitrogens with zero attached hydrogens (tertiary/aromatic N) is 3. The van der Waals surface area contributed by atoms with Crippen molar-refractivity contribution in [3.05, 3.63) is 67.7 Å². The first kappa shape index (κ1) is 17.1. The average molecular weight is 342 g/mol. The van der Waals surface area contributed by atoms with Gasteiger partial charge in [-0.15, -0.1) is 0 Å². The molecule has 1 atom stereocenters. The molecule has 0 amide bonds. The first-order chi connectivity index (χ1) is 12.0. The van der Waals surface area contributed by atoms with E-state index >= 15 is 0 Å². The molecule has 0 unspecified atom stereocenters. The molecule has 2 aromatic rings. The standard InChI is InChI=1S/C18H19FN4O2/c1-12-9-23(18(25)21-17(12)24)15-3-2-6-22(11-15)10-13-4-5-14(8-20)16(19)7-13/h4-5,7,9,15H,2-3,6,10-11H2,1H3,(H,21,24,25)/t15-/m0/s1. The zero-order valence-electron chi connectivity index (χ0n) is 14.0. The van der Waals surface area contributed by atoms with Gasteiger partial charge in [0.15, 0.2) is 0 Å². The number of nitriles is 1. The summed E-state index contributed by atoms with van der Waals surface area (Å²) in [6.45, 7) is 3.73. The molecule has 7 heteroatoms. The minimum Gasteiger partial charge on any atom is -0.297 e. The van der Waals surface area contributed by atoms with Gasteiger partial charge < -0.3 is 0 Å². The summed E-state index contributed by atoms with van der Waals surface area (Å²) in [6.07, 6.45) is 3.37. The van der Waals surface area contributed by atoms with E-state index in [0.29, 0.717) is 18.7 Å². The third-order valence-corrected chi connectivity index (χ3v) is 4.58. The maximum Gasteiger partial charge on any atom is 0.328 e. The summed E-state index contributed by atoms with van der Waals surface area (Å²) in [7, 11) is 0. The minimum absolute atomic E-state index is 0.0278. The largest absolute Gasteiger partial charge is 0.328 e. The number of aromatic nitrogens is 2. The van der Waals surface area contributed by atoms with E-state index in [1.807, 2.05) is 6.07 Å². The summed E-state index contributed by atoms with van der Waals surface area (Å²) < 4.78 is 15.3. The van der Waals surface area contributed by atoms with Crippen molar-refractivity contribution in [3.63, 3.8) is 0 Å². The highest BCUT2D eigenvalue weighted by atomic mass is 19.1. The van der Waals surface area contributed by atoms with E-state index in [4.69, 9.17) is 5.26 Å². The Morgan fingerprint density at radius 3 is 2.92 bits per heavy atom. The fourth-order valence-electron chi connectivity index (χ4n) is 3.26. The molecule has 1 aliphatic rings. The molecule has 1 saturated heterocycles. The summed E-state index contributed by atoms with van der Waals surface area (Å²) in [4.78, 5) is 28.1. The number of aromatic amines is 1. The van der Waals surface area contributed by atoms with E-state index < -0.39 is 11.5 Å². The lowest BCUT2D eigenvalue weighted by Gasteiger charge is -2.33. The van der Waals surface area contributed by atoms with Gasteiger partial charge in [-0.05, 0) is 44.0 Å². The van der Waals surface area contributed by atoms with E-state index in [1.54, 1.807) is 23.8 Å². The molecule has 1 aromatic heterocycles. The number of H-pyrrole nitrogens is 1. The van der Waals surface area contributed by atoms with Gasteiger partial charge in [0.1, 0.15) is 11.9 Å². The van der Waals surface area contributed by atoms with Crippen molar-refractivity contribution in [3.8, 4) is 6.07 Å². The molecule has 130 valence electrons. The van der Waals surface area contributed by atoms with Crippen LogP contribution in [0, 0.1) is 24.1 Å². The first-order valence-electron chi connectivity index (χ1n) is 8.21. The van der Waals surface area contributed by atoms with Crippen LogP contribution in [0.1, 0.15) is 35.6 Å². The van der Waals surface area contributed by atoms with E-state index in [-0.39, 0.29) is 17.2 Å². The normalized spacial score (nSPS) is 18.0. The molecule has 1 N–H and O–H groups in total. The van der Waals surface area contributed by atoms with E-state index in [1.165, 1.54) is 12.1 Å². The summed E-state index contributed by atoms with van der Waals surface area (Å²) in [5, 5.41) is 8.80. The predicted octanol–water partition coefficient (Wildman–Crippen LogP) is 1.69. The Morgan fingerprint density at radius 1 is 1.40 bits per heavy atom. The molecule has 1 aromatic carbocycles. The number of benzene rings is 1. The smallest absolute Gasteiger partial charge is 0.297 e. The molecular formula is C18H19FN4O2. The minimum atomic E-state index is -0.513. The molecule has 6 nitrogen and oxygen atoms in total. The van der Waals surface area contributed by atoms with Crippen molar-refractivity contribution in [2.45, 2.75) is 32.4 Å². The molecular weight excluding hydrogens is 323 g/mol. The number of hydrogen-bond acceptors (Lipinski definition) is 4.